The molecule has 92 valence electrons. The summed E-state index contributed by atoms with van der Waals surface area (Å²) < 4.78 is 0. The van der Waals surface area contributed by atoms with Crippen molar-refractivity contribution in [3.05, 3.63) is 0 Å². The summed E-state index contributed by atoms with van der Waals surface area (Å²) in [5, 5.41) is 0. The van der Waals surface area contributed by atoms with E-state index in [0.29, 0.717) is 6.04 Å². The van der Waals surface area contributed by atoms with Gasteiger partial charge in [-0.25, -0.2) is 0 Å². The summed E-state index contributed by atoms with van der Waals surface area (Å²) in [5.41, 5.74) is 5.61. The molecule has 0 aliphatic rings. The zero-order valence-electron chi connectivity index (χ0n) is 11.0. The molecule has 0 aromatic heterocycles. The molecule has 0 aromatic carbocycles. The van der Waals surface area contributed by atoms with Crippen LogP contribution < -0.4 is 5.73 Å². The van der Waals surface area contributed by atoms with E-state index in [1.165, 1.54) is 32.5 Å². The van der Waals surface area contributed by atoms with Gasteiger partial charge in [-0.3, -0.25) is 0 Å². The molecule has 0 aliphatic heterocycles. The molecule has 0 fully saturated rings. The van der Waals surface area contributed by atoms with Crippen molar-refractivity contribution in [2.45, 2.75) is 39.2 Å². The molecule has 0 saturated heterocycles. The maximum Gasteiger partial charge on any atom is 0.0102 e. The summed E-state index contributed by atoms with van der Waals surface area (Å²) in [4.78, 5) is 4.78. The molecule has 0 aliphatic carbocycles. The summed E-state index contributed by atoms with van der Waals surface area (Å²) in [6, 6.07) is 0.658. The van der Waals surface area contributed by atoms with E-state index in [-0.39, 0.29) is 0 Å². The van der Waals surface area contributed by atoms with Crippen LogP contribution in [-0.2, 0) is 0 Å². The highest BCUT2D eigenvalue weighted by molar-refractivity contribution is 4.67. The molecule has 0 aromatic rings. The monoisotopic (exact) mass is 215 g/mol. The fraction of sp³-hybridized carbons (Fsp3) is 1.00. The third-order valence-corrected chi connectivity index (χ3v) is 3.14. The van der Waals surface area contributed by atoms with Crippen LogP contribution in [0.15, 0.2) is 0 Å². The van der Waals surface area contributed by atoms with Crippen molar-refractivity contribution in [1.82, 2.24) is 9.80 Å². The van der Waals surface area contributed by atoms with Crippen LogP contribution in [0, 0.1) is 0 Å². The Kier molecular flexibility index (Phi) is 9.06. The highest BCUT2D eigenvalue weighted by atomic mass is 15.1. The van der Waals surface area contributed by atoms with Gasteiger partial charge in [0.25, 0.3) is 0 Å². The van der Waals surface area contributed by atoms with Gasteiger partial charge in [-0.05, 0) is 59.5 Å². The Bertz CT molecular complexity index is 133. The average molecular weight is 215 g/mol. The Balaban J connectivity index is 3.69. The van der Waals surface area contributed by atoms with Gasteiger partial charge in [-0.1, -0.05) is 13.8 Å². The van der Waals surface area contributed by atoms with E-state index in [1.807, 2.05) is 0 Å². The van der Waals surface area contributed by atoms with E-state index in [9.17, 15) is 0 Å². The first kappa shape index (κ1) is 14.9. The number of rotatable bonds is 9. The summed E-state index contributed by atoms with van der Waals surface area (Å²) in [6.45, 7) is 8.82. The third-order valence-electron chi connectivity index (χ3n) is 3.14. The van der Waals surface area contributed by atoms with E-state index >= 15 is 0 Å². The van der Waals surface area contributed by atoms with Gasteiger partial charge in [0.1, 0.15) is 0 Å². The quantitative estimate of drug-likeness (QED) is 0.631. The van der Waals surface area contributed by atoms with Crippen LogP contribution in [0.3, 0.4) is 0 Å². The van der Waals surface area contributed by atoms with Crippen LogP contribution in [0.4, 0.5) is 0 Å². The second kappa shape index (κ2) is 9.13. The van der Waals surface area contributed by atoms with Crippen molar-refractivity contribution in [2.24, 2.45) is 5.73 Å². The molecule has 0 saturated carbocycles. The molecule has 0 bridgehead atoms. The highest BCUT2D eigenvalue weighted by Gasteiger charge is 2.10. The molecule has 0 spiro atoms. The highest BCUT2D eigenvalue weighted by Crippen LogP contribution is 2.07. The Morgan fingerprint density at radius 2 is 1.67 bits per heavy atom. The lowest BCUT2D eigenvalue weighted by Crippen LogP contribution is -2.32. The Morgan fingerprint density at radius 3 is 2.07 bits per heavy atom. The largest absolute Gasteiger partial charge is 0.330 e. The molecule has 3 nitrogen and oxygen atoms in total. The van der Waals surface area contributed by atoms with Crippen LogP contribution in [0.5, 0.6) is 0 Å². The standard InChI is InChI=1S/C12H29N3/c1-5-15(6-2)11-7-8-12(9-10-13)14(3)4/h12H,5-11,13H2,1-4H3. The summed E-state index contributed by atoms with van der Waals surface area (Å²) in [7, 11) is 4.30. The van der Waals surface area contributed by atoms with E-state index < -0.39 is 0 Å². The smallest absolute Gasteiger partial charge is 0.0102 e. The predicted molar refractivity (Wildman–Crippen MR) is 68.2 cm³/mol. The topological polar surface area (TPSA) is 32.5 Å². The van der Waals surface area contributed by atoms with Gasteiger partial charge >= 0.3 is 0 Å². The molecule has 3 heteroatoms. The van der Waals surface area contributed by atoms with Crippen molar-refractivity contribution < 1.29 is 0 Å². The van der Waals surface area contributed by atoms with E-state index in [4.69, 9.17) is 5.73 Å². The van der Waals surface area contributed by atoms with Gasteiger partial charge in [-0.15, -0.1) is 0 Å². The van der Waals surface area contributed by atoms with Crippen LogP contribution in [0.2, 0.25) is 0 Å². The lowest BCUT2D eigenvalue weighted by molar-refractivity contribution is 0.237. The van der Waals surface area contributed by atoms with Gasteiger partial charge in [0.2, 0.25) is 0 Å². The predicted octanol–water partition coefficient (Wildman–Crippen LogP) is 1.39. The van der Waals surface area contributed by atoms with Crippen LogP contribution in [-0.4, -0.2) is 56.1 Å². The van der Waals surface area contributed by atoms with Gasteiger partial charge < -0.3 is 15.5 Å². The molecular weight excluding hydrogens is 186 g/mol. The zero-order valence-corrected chi connectivity index (χ0v) is 11.0. The molecule has 15 heavy (non-hydrogen) atoms. The van der Waals surface area contributed by atoms with E-state index in [0.717, 1.165) is 13.0 Å². The molecule has 2 N–H and O–H groups in total. The molecule has 0 amide bonds. The fourth-order valence-electron chi connectivity index (χ4n) is 1.94. The Hall–Kier alpha value is -0.120. The Morgan fingerprint density at radius 1 is 1.07 bits per heavy atom. The molecule has 0 heterocycles. The second-order valence-corrected chi connectivity index (χ2v) is 4.36. The van der Waals surface area contributed by atoms with Crippen molar-refractivity contribution in [3.63, 3.8) is 0 Å². The third kappa shape index (κ3) is 6.88. The summed E-state index contributed by atoms with van der Waals surface area (Å²) in [5.74, 6) is 0. The molecule has 0 rings (SSSR count). The normalized spacial score (nSPS) is 13.8. The lowest BCUT2D eigenvalue weighted by atomic mass is 10.1. The first-order chi connectivity index (χ1) is 7.15. The van der Waals surface area contributed by atoms with Crippen LogP contribution in [0.1, 0.15) is 33.1 Å². The molecule has 0 radical (unpaired) electrons. The zero-order chi connectivity index (χ0) is 11.7. The Labute approximate surface area is 95.6 Å². The van der Waals surface area contributed by atoms with Crippen LogP contribution >= 0.6 is 0 Å². The van der Waals surface area contributed by atoms with Crippen molar-refractivity contribution in [3.8, 4) is 0 Å². The first-order valence-corrected chi connectivity index (χ1v) is 6.24. The molecule has 1 unspecified atom stereocenters. The van der Waals surface area contributed by atoms with Gasteiger partial charge in [0.05, 0.1) is 0 Å². The average Bonchev–Trinajstić information content (AvgIpc) is 2.22. The number of nitrogens with zero attached hydrogens (tertiary/aromatic N) is 2. The van der Waals surface area contributed by atoms with E-state index in [1.54, 1.807) is 0 Å². The maximum atomic E-state index is 5.61. The minimum atomic E-state index is 0.658. The maximum absolute atomic E-state index is 5.61. The van der Waals surface area contributed by atoms with Crippen LogP contribution in [0.25, 0.3) is 0 Å². The fourth-order valence-corrected chi connectivity index (χ4v) is 1.94. The number of hydrogen-bond donors (Lipinski definition) is 1. The lowest BCUT2D eigenvalue weighted by Gasteiger charge is -2.25. The van der Waals surface area contributed by atoms with E-state index in [2.05, 4.69) is 37.7 Å². The van der Waals surface area contributed by atoms with Gasteiger partial charge in [-0.2, -0.15) is 0 Å². The minimum Gasteiger partial charge on any atom is -0.330 e. The molecular formula is C12H29N3. The summed E-state index contributed by atoms with van der Waals surface area (Å²) in [6.07, 6.45) is 3.66. The van der Waals surface area contributed by atoms with Crippen molar-refractivity contribution in [2.75, 3.05) is 40.3 Å². The van der Waals surface area contributed by atoms with Gasteiger partial charge in [0.15, 0.2) is 0 Å². The second-order valence-electron chi connectivity index (χ2n) is 4.36. The number of nitrogens with two attached hydrogens (primary N) is 1. The van der Waals surface area contributed by atoms with Crippen molar-refractivity contribution in [1.29, 1.82) is 0 Å². The van der Waals surface area contributed by atoms with Gasteiger partial charge in [0, 0.05) is 6.04 Å². The number of hydrogen-bond acceptors (Lipinski definition) is 3. The first-order valence-electron chi connectivity index (χ1n) is 6.24. The molecule has 1 atom stereocenters. The summed E-state index contributed by atoms with van der Waals surface area (Å²) >= 11 is 0. The van der Waals surface area contributed by atoms with Crippen molar-refractivity contribution >= 4 is 0 Å². The minimum absolute atomic E-state index is 0.658. The SMILES string of the molecule is CCN(CC)CCCC(CCN)N(C)C.